The molecule has 0 unspecified atom stereocenters. The van der Waals surface area contributed by atoms with Gasteiger partial charge in [-0.25, -0.2) is 13.1 Å². The zero-order valence-corrected chi connectivity index (χ0v) is 19.4. The van der Waals surface area contributed by atoms with Crippen molar-refractivity contribution in [1.82, 2.24) is 9.29 Å². The standard InChI is InChI=1S/C25H24N2O3S2/c1-17(20-11-10-19-8-5-9-21(19)14-20)26-32(29,30)22-12-13-23-24(15-22)31-25(28)27(23)16-18-6-3-2-4-7-18/h2-4,6-7,10-15,17,26H,5,8-9,16H2,1H3/t17-/m0/s1. The molecule has 5 rings (SSSR count). The molecule has 0 amide bonds. The number of hydrogen-bond acceptors (Lipinski definition) is 4. The fourth-order valence-electron chi connectivity index (χ4n) is 4.36. The van der Waals surface area contributed by atoms with Gasteiger partial charge in [-0.15, -0.1) is 0 Å². The van der Waals surface area contributed by atoms with E-state index in [1.807, 2.05) is 43.3 Å². The van der Waals surface area contributed by atoms with Crippen molar-refractivity contribution in [3.05, 3.63) is 98.7 Å². The van der Waals surface area contributed by atoms with E-state index in [0.717, 1.165) is 47.2 Å². The van der Waals surface area contributed by atoms with Gasteiger partial charge in [-0.2, -0.15) is 0 Å². The topological polar surface area (TPSA) is 68.2 Å². The molecule has 0 radical (unpaired) electrons. The molecular weight excluding hydrogens is 440 g/mol. The highest BCUT2D eigenvalue weighted by Gasteiger charge is 2.21. The molecule has 1 aliphatic rings. The summed E-state index contributed by atoms with van der Waals surface area (Å²) in [6, 6.07) is 20.6. The minimum absolute atomic E-state index is 0.0992. The third-order valence-electron chi connectivity index (χ3n) is 6.09. The Morgan fingerprint density at radius 3 is 2.59 bits per heavy atom. The largest absolute Gasteiger partial charge is 0.308 e. The molecule has 0 bridgehead atoms. The second-order valence-electron chi connectivity index (χ2n) is 8.29. The van der Waals surface area contributed by atoms with Crippen LogP contribution in [0.2, 0.25) is 0 Å². The highest BCUT2D eigenvalue weighted by molar-refractivity contribution is 7.89. The summed E-state index contributed by atoms with van der Waals surface area (Å²) in [5.74, 6) is 0. The van der Waals surface area contributed by atoms with Crippen molar-refractivity contribution in [1.29, 1.82) is 0 Å². The van der Waals surface area contributed by atoms with Crippen LogP contribution in [0.1, 0.15) is 41.6 Å². The van der Waals surface area contributed by atoms with Gasteiger partial charge in [0.25, 0.3) is 0 Å². The number of thiazole rings is 1. The normalized spacial score (nSPS) is 14.5. The first-order chi connectivity index (χ1) is 15.4. The van der Waals surface area contributed by atoms with Gasteiger partial charge in [-0.3, -0.25) is 9.36 Å². The maximum absolute atomic E-state index is 13.1. The quantitative estimate of drug-likeness (QED) is 0.452. The predicted molar refractivity (Wildman–Crippen MR) is 129 cm³/mol. The van der Waals surface area contributed by atoms with Crippen molar-refractivity contribution >= 4 is 31.6 Å². The number of aromatic nitrogens is 1. The van der Waals surface area contributed by atoms with Gasteiger partial charge in [-0.1, -0.05) is 59.9 Å². The predicted octanol–water partition coefficient (Wildman–Crippen LogP) is 4.64. The number of nitrogens with one attached hydrogen (secondary N) is 1. The summed E-state index contributed by atoms with van der Waals surface area (Å²) in [6.45, 7) is 2.32. The molecule has 0 saturated heterocycles. The van der Waals surface area contributed by atoms with Gasteiger partial charge in [0.15, 0.2) is 0 Å². The highest BCUT2D eigenvalue weighted by Crippen LogP contribution is 2.27. The Balaban J connectivity index is 1.41. The lowest BCUT2D eigenvalue weighted by Gasteiger charge is -2.16. The average Bonchev–Trinajstić information content (AvgIpc) is 3.37. The maximum Gasteiger partial charge on any atom is 0.308 e. The first-order valence-corrected chi connectivity index (χ1v) is 13.0. The Bertz CT molecular complexity index is 1450. The number of sulfonamides is 1. The summed E-state index contributed by atoms with van der Waals surface area (Å²) in [4.78, 5) is 12.6. The summed E-state index contributed by atoms with van der Waals surface area (Å²) in [6.07, 6.45) is 3.31. The summed E-state index contributed by atoms with van der Waals surface area (Å²) in [5, 5.41) is 0. The van der Waals surface area contributed by atoms with Gasteiger partial charge < -0.3 is 0 Å². The third-order valence-corrected chi connectivity index (χ3v) is 8.57. The third kappa shape index (κ3) is 4.03. The molecule has 1 atom stereocenters. The summed E-state index contributed by atoms with van der Waals surface area (Å²) in [7, 11) is -3.73. The molecule has 3 aromatic carbocycles. The Kier molecular flexibility index (Phi) is 5.49. The molecule has 7 heteroatoms. The summed E-state index contributed by atoms with van der Waals surface area (Å²) >= 11 is 1.07. The Morgan fingerprint density at radius 1 is 1.00 bits per heavy atom. The van der Waals surface area contributed by atoms with Crippen molar-refractivity contribution in [3.63, 3.8) is 0 Å². The van der Waals surface area contributed by atoms with Crippen molar-refractivity contribution in [2.45, 2.75) is 43.7 Å². The molecule has 0 saturated carbocycles. The van der Waals surface area contributed by atoms with E-state index in [2.05, 4.69) is 16.9 Å². The molecule has 0 fully saturated rings. The van der Waals surface area contributed by atoms with Crippen LogP contribution in [0, 0.1) is 0 Å². The van der Waals surface area contributed by atoms with Gasteiger partial charge in [0.1, 0.15) is 0 Å². The van der Waals surface area contributed by atoms with Crippen molar-refractivity contribution < 1.29 is 8.42 Å². The van der Waals surface area contributed by atoms with E-state index in [1.165, 1.54) is 11.1 Å². The van der Waals surface area contributed by atoms with Crippen LogP contribution in [0.3, 0.4) is 0 Å². The second-order valence-corrected chi connectivity index (χ2v) is 11.0. The smallest absolute Gasteiger partial charge is 0.294 e. The highest BCUT2D eigenvalue weighted by atomic mass is 32.2. The molecule has 1 aliphatic carbocycles. The molecule has 5 nitrogen and oxygen atoms in total. The molecule has 1 aromatic heterocycles. The van der Waals surface area contributed by atoms with Gasteiger partial charge in [0, 0.05) is 6.04 Å². The minimum Gasteiger partial charge on any atom is -0.294 e. The van der Waals surface area contributed by atoms with Gasteiger partial charge >= 0.3 is 4.87 Å². The molecule has 0 aliphatic heterocycles. The van der Waals surface area contributed by atoms with Crippen molar-refractivity contribution in [2.75, 3.05) is 0 Å². The Labute approximate surface area is 191 Å². The zero-order chi connectivity index (χ0) is 22.3. The van der Waals surface area contributed by atoms with E-state index in [9.17, 15) is 13.2 Å². The van der Waals surface area contributed by atoms with Gasteiger partial charge in [-0.05, 0) is 66.6 Å². The molecular formula is C25H24N2O3S2. The van der Waals surface area contributed by atoms with Crippen LogP contribution >= 0.6 is 11.3 Å². The van der Waals surface area contributed by atoms with E-state index < -0.39 is 10.0 Å². The average molecular weight is 465 g/mol. The fraction of sp³-hybridized carbons (Fsp3) is 0.240. The zero-order valence-electron chi connectivity index (χ0n) is 17.7. The van der Waals surface area contributed by atoms with Crippen LogP contribution in [0.25, 0.3) is 10.2 Å². The Morgan fingerprint density at radius 2 is 1.78 bits per heavy atom. The molecule has 1 N–H and O–H groups in total. The first-order valence-electron chi connectivity index (χ1n) is 10.7. The molecule has 4 aromatic rings. The number of hydrogen-bond donors (Lipinski definition) is 1. The molecule has 164 valence electrons. The van der Waals surface area contributed by atoms with Crippen LogP contribution < -0.4 is 9.60 Å². The van der Waals surface area contributed by atoms with E-state index >= 15 is 0 Å². The van der Waals surface area contributed by atoms with Crippen LogP contribution in [0.4, 0.5) is 0 Å². The van der Waals surface area contributed by atoms with Gasteiger partial charge in [0.2, 0.25) is 10.0 Å². The summed E-state index contributed by atoms with van der Waals surface area (Å²) in [5.41, 5.74) is 5.42. The van der Waals surface area contributed by atoms with E-state index in [1.54, 1.807) is 22.8 Å². The van der Waals surface area contributed by atoms with Crippen LogP contribution in [0.5, 0.6) is 0 Å². The molecule has 0 spiro atoms. The molecule has 1 heterocycles. The van der Waals surface area contributed by atoms with E-state index in [4.69, 9.17) is 0 Å². The lowest BCUT2D eigenvalue weighted by molar-refractivity contribution is 0.567. The number of fused-ring (bicyclic) bond motifs is 2. The minimum atomic E-state index is -3.73. The monoisotopic (exact) mass is 464 g/mol. The number of aryl methyl sites for hydroxylation is 2. The lowest BCUT2D eigenvalue weighted by Crippen LogP contribution is -2.27. The molecule has 32 heavy (non-hydrogen) atoms. The summed E-state index contributed by atoms with van der Waals surface area (Å²) < 4.78 is 31.3. The number of benzene rings is 3. The van der Waals surface area contributed by atoms with Crippen molar-refractivity contribution in [2.24, 2.45) is 0 Å². The second kappa shape index (κ2) is 8.31. The Hall–Kier alpha value is -2.74. The van der Waals surface area contributed by atoms with Crippen LogP contribution in [0.15, 0.2) is 76.4 Å². The first kappa shape index (κ1) is 21.1. The van der Waals surface area contributed by atoms with E-state index in [-0.39, 0.29) is 15.8 Å². The fourth-order valence-corrected chi connectivity index (χ4v) is 6.62. The van der Waals surface area contributed by atoms with E-state index in [0.29, 0.717) is 11.2 Å². The number of rotatable bonds is 6. The number of nitrogens with zero attached hydrogens (tertiary/aromatic N) is 1. The lowest BCUT2D eigenvalue weighted by atomic mass is 10.0. The van der Waals surface area contributed by atoms with Gasteiger partial charge in [0.05, 0.1) is 21.7 Å². The SMILES string of the molecule is C[C@H](NS(=O)(=O)c1ccc2c(c1)sc(=O)n2Cc1ccccc1)c1ccc2c(c1)CCC2. The van der Waals surface area contributed by atoms with Crippen LogP contribution in [-0.2, 0) is 29.4 Å². The van der Waals surface area contributed by atoms with Crippen molar-refractivity contribution in [3.8, 4) is 0 Å². The maximum atomic E-state index is 13.1. The van der Waals surface area contributed by atoms with Crippen LogP contribution in [-0.4, -0.2) is 13.0 Å².